The number of ether oxygens (including phenoxy) is 1. The molecule has 0 amide bonds. The molecular weight excluding hydrogens is 276 g/mol. The van der Waals surface area contributed by atoms with Crippen molar-refractivity contribution < 1.29 is 9.15 Å². The SMILES string of the molecule is CC(C)(C)c1coc([C@@H]2COCCN2Cc2ccccc2)n1. The van der Waals surface area contributed by atoms with Gasteiger partial charge in [0, 0.05) is 18.5 Å². The van der Waals surface area contributed by atoms with E-state index in [1.165, 1.54) is 5.56 Å². The van der Waals surface area contributed by atoms with Gasteiger partial charge in [-0.1, -0.05) is 51.1 Å². The van der Waals surface area contributed by atoms with E-state index in [0.717, 1.165) is 31.3 Å². The van der Waals surface area contributed by atoms with Crippen LogP contribution in [-0.4, -0.2) is 29.6 Å². The average Bonchev–Trinajstić information content (AvgIpc) is 2.99. The average molecular weight is 300 g/mol. The maximum absolute atomic E-state index is 5.77. The molecule has 2 aromatic rings. The Hall–Kier alpha value is -1.65. The van der Waals surface area contributed by atoms with Gasteiger partial charge in [-0.15, -0.1) is 0 Å². The number of oxazole rings is 1. The molecule has 118 valence electrons. The predicted molar refractivity (Wildman–Crippen MR) is 85.6 cm³/mol. The first-order valence-corrected chi connectivity index (χ1v) is 7.85. The summed E-state index contributed by atoms with van der Waals surface area (Å²) in [6, 6.07) is 10.6. The Morgan fingerprint density at radius 2 is 2.00 bits per heavy atom. The molecule has 2 heterocycles. The molecule has 0 bridgehead atoms. The highest BCUT2D eigenvalue weighted by atomic mass is 16.5. The van der Waals surface area contributed by atoms with Crippen molar-refractivity contribution in [3.63, 3.8) is 0 Å². The standard InChI is InChI=1S/C18H24N2O2/c1-18(2,3)16-13-22-17(19-16)15-12-21-10-9-20(15)11-14-7-5-4-6-8-14/h4-8,13,15H,9-12H2,1-3H3/t15-/m0/s1. The van der Waals surface area contributed by atoms with Crippen LogP contribution in [0.5, 0.6) is 0 Å². The number of benzene rings is 1. The van der Waals surface area contributed by atoms with Crippen LogP contribution < -0.4 is 0 Å². The van der Waals surface area contributed by atoms with Crippen LogP contribution in [0.1, 0.15) is 44.0 Å². The van der Waals surface area contributed by atoms with Crippen LogP contribution >= 0.6 is 0 Å². The molecular formula is C18H24N2O2. The fraction of sp³-hybridized carbons (Fsp3) is 0.500. The predicted octanol–water partition coefficient (Wildman–Crippen LogP) is 3.55. The summed E-state index contributed by atoms with van der Waals surface area (Å²) in [6.07, 6.45) is 1.78. The van der Waals surface area contributed by atoms with Crippen molar-refractivity contribution >= 4 is 0 Å². The van der Waals surface area contributed by atoms with E-state index in [4.69, 9.17) is 14.1 Å². The third-order valence-corrected chi connectivity index (χ3v) is 4.04. The smallest absolute Gasteiger partial charge is 0.214 e. The zero-order valence-electron chi connectivity index (χ0n) is 13.6. The third-order valence-electron chi connectivity index (χ3n) is 4.04. The topological polar surface area (TPSA) is 38.5 Å². The molecule has 1 fully saturated rings. The largest absolute Gasteiger partial charge is 0.447 e. The van der Waals surface area contributed by atoms with Crippen LogP contribution in [0.3, 0.4) is 0 Å². The van der Waals surface area contributed by atoms with E-state index in [1.54, 1.807) is 6.26 Å². The molecule has 0 radical (unpaired) electrons. The highest BCUT2D eigenvalue weighted by molar-refractivity contribution is 5.15. The summed E-state index contributed by atoms with van der Waals surface area (Å²) in [6.45, 7) is 9.62. The zero-order valence-corrected chi connectivity index (χ0v) is 13.6. The van der Waals surface area contributed by atoms with Gasteiger partial charge in [-0.3, -0.25) is 4.90 Å². The lowest BCUT2D eigenvalue weighted by Crippen LogP contribution is -2.39. The van der Waals surface area contributed by atoms with Gasteiger partial charge in [0.25, 0.3) is 0 Å². The van der Waals surface area contributed by atoms with Crippen molar-refractivity contribution in [2.45, 2.75) is 38.8 Å². The van der Waals surface area contributed by atoms with E-state index >= 15 is 0 Å². The normalized spacial score (nSPS) is 20.2. The number of aromatic nitrogens is 1. The van der Waals surface area contributed by atoms with E-state index in [2.05, 4.69) is 49.9 Å². The summed E-state index contributed by atoms with van der Waals surface area (Å²) in [5.74, 6) is 0.764. The fourth-order valence-electron chi connectivity index (χ4n) is 2.66. The lowest BCUT2D eigenvalue weighted by atomic mass is 9.93. The van der Waals surface area contributed by atoms with Gasteiger partial charge in [0.2, 0.25) is 5.89 Å². The summed E-state index contributed by atoms with van der Waals surface area (Å²) in [5, 5.41) is 0. The molecule has 3 rings (SSSR count). The minimum absolute atomic E-state index is 0.00152. The Labute approximate surface area is 132 Å². The maximum atomic E-state index is 5.77. The second-order valence-corrected chi connectivity index (χ2v) is 6.87. The van der Waals surface area contributed by atoms with Crippen molar-refractivity contribution in [1.29, 1.82) is 0 Å². The quantitative estimate of drug-likeness (QED) is 0.869. The fourth-order valence-corrected chi connectivity index (χ4v) is 2.66. The summed E-state index contributed by atoms with van der Waals surface area (Å²) in [5.41, 5.74) is 2.30. The Morgan fingerprint density at radius 3 is 2.68 bits per heavy atom. The molecule has 4 nitrogen and oxygen atoms in total. The minimum Gasteiger partial charge on any atom is -0.447 e. The van der Waals surface area contributed by atoms with Gasteiger partial charge in [0.15, 0.2) is 0 Å². The summed E-state index contributed by atoms with van der Waals surface area (Å²) < 4.78 is 11.4. The Bertz CT molecular complexity index is 601. The zero-order chi connectivity index (χ0) is 15.6. The van der Waals surface area contributed by atoms with Gasteiger partial charge in [-0.2, -0.15) is 0 Å². The van der Waals surface area contributed by atoms with Gasteiger partial charge in [0.1, 0.15) is 12.3 Å². The van der Waals surface area contributed by atoms with E-state index in [9.17, 15) is 0 Å². The summed E-state index contributed by atoms with van der Waals surface area (Å²) in [7, 11) is 0. The molecule has 1 aliphatic rings. The number of hydrogen-bond acceptors (Lipinski definition) is 4. The molecule has 0 unspecified atom stereocenters. The van der Waals surface area contributed by atoms with Crippen molar-refractivity contribution in [1.82, 2.24) is 9.88 Å². The first-order valence-electron chi connectivity index (χ1n) is 7.85. The van der Waals surface area contributed by atoms with Crippen LogP contribution in [0.25, 0.3) is 0 Å². The summed E-state index contributed by atoms with van der Waals surface area (Å²) in [4.78, 5) is 7.09. The molecule has 1 atom stereocenters. The Balaban J connectivity index is 1.79. The molecule has 1 aliphatic heterocycles. The van der Waals surface area contributed by atoms with Crippen molar-refractivity contribution in [2.24, 2.45) is 0 Å². The van der Waals surface area contributed by atoms with Crippen LogP contribution in [0.2, 0.25) is 0 Å². The van der Waals surface area contributed by atoms with Crippen molar-refractivity contribution in [3.05, 3.63) is 53.7 Å². The van der Waals surface area contributed by atoms with Gasteiger partial charge in [-0.05, 0) is 5.56 Å². The molecule has 0 aliphatic carbocycles. The van der Waals surface area contributed by atoms with Gasteiger partial charge < -0.3 is 9.15 Å². The maximum Gasteiger partial charge on any atom is 0.214 e. The second-order valence-electron chi connectivity index (χ2n) is 6.87. The lowest BCUT2D eigenvalue weighted by Gasteiger charge is -2.33. The molecule has 0 N–H and O–H groups in total. The highest BCUT2D eigenvalue weighted by Gasteiger charge is 2.30. The molecule has 1 saturated heterocycles. The molecule has 1 aromatic carbocycles. The van der Waals surface area contributed by atoms with E-state index in [1.807, 2.05) is 6.07 Å². The Kier molecular flexibility index (Phi) is 4.32. The van der Waals surface area contributed by atoms with Crippen molar-refractivity contribution in [3.8, 4) is 0 Å². The van der Waals surface area contributed by atoms with Crippen LogP contribution in [0, 0.1) is 0 Å². The van der Waals surface area contributed by atoms with E-state index in [-0.39, 0.29) is 11.5 Å². The van der Waals surface area contributed by atoms with E-state index < -0.39 is 0 Å². The molecule has 0 saturated carbocycles. The first kappa shape index (κ1) is 15.3. The summed E-state index contributed by atoms with van der Waals surface area (Å²) >= 11 is 0. The number of hydrogen-bond donors (Lipinski definition) is 0. The van der Waals surface area contributed by atoms with Crippen molar-refractivity contribution in [2.75, 3.05) is 19.8 Å². The minimum atomic E-state index is 0.00152. The number of nitrogens with zero attached hydrogens (tertiary/aromatic N) is 2. The van der Waals surface area contributed by atoms with Gasteiger partial charge >= 0.3 is 0 Å². The van der Waals surface area contributed by atoms with Crippen LogP contribution in [0.4, 0.5) is 0 Å². The highest BCUT2D eigenvalue weighted by Crippen LogP contribution is 2.28. The lowest BCUT2D eigenvalue weighted by molar-refractivity contribution is -0.0223. The first-order chi connectivity index (χ1) is 10.5. The van der Waals surface area contributed by atoms with Crippen LogP contribution in [-0.2, 0) is 16.7 Å². The molecule has 0 spiro atoms. The monoisotopic (exact) mass is 300 g/mol. The number of rotatable bonds is 3. The second kappa shape index (κ2) is 6.23. The van der Waals surface area contributed by atoms with Gasteiger partial charge in [-0.25, -0.2) is 4.98 Å². The number of morpholine rings is 1. The molecule has 4 heteroatoms. The van der Waals surface area contributed by atoms with E-state index in [0.29, 0.717) is 6.61 Å². The Morgan fingerprint density at radius 1 is 1.23 bits per heavy atom. The molecule has 22 heavy (non-hydrogen) atoms. The third kappa shape index (κ3) is 3.39. The van der Waals surface area contributed by atoms with Crippen LogP contribution in [0.15, 0.2) is 41.0 Å². The molecule has 1 aromatic heterocycles. The van der Waals surface area contributed by atoms with Gasteiger partial charge in [0.05, 0.1) is 18.9 Å².